The van der Waals surface area contributed by atoms with Crippen LogP contribution < -0.4 is 5.32 Å². The number of nitrogens with zero attached hydrogens (tertiary/aromatic N) is 2. The molecule has 1 aromatic carbocycles. The topological polar surface area (TPSA) is 56.1 Å². The molecule has 25 heavy (non-hydrogen) atoms. The molecule has 3 rings (SSSR count). The molecule has 1 aliphatic heterocycles. The van der Waals surface area contributed by atoms with Crippen molar-refractivity contribution in [1.29, 1.82) is 0 Å². The minimum Gasteiger partial charge on any atom is -0.378 e. The zero-order valence-electron chi connectivity index (χ0n) is 14.5. The summed E-state index contributed by atoms with van der Waals surface area (Å²) in [5.41, 5.74) is 1.54. The molecular formula is C19H24ClN3O2. The number of benzene rings is 1. The van der Waals surface area contributed by atoms with Gasteiger partial charge in [-0.25, -0.2) is 0 Å². The second-order valence-electron chi connectivity index (χ2n) is 6.60. The molecule has 1 amide bonds. The summed E-state index contributed by atoms with van der Waals surface area (Å²) in [7, 11) is 0. The van der Waals surface area contributed by atoms with Crippen molar-refractivity contribution in [3.63, 3.8) is 0 Å². The minimum absolute atomic E-state index is 0.0924. The van der Waals surface area contributed by atoms with Gasteiger partial charge in [0.2, 0.25) is 0 Å². The quantitative estimate of drug-likeness (QED) is 0.818. The average Bonchev–Trinajstić information content (AvgIpc) is 3.27. The van der Waals surface area contributed by atoms with Gasteiger partial charge in [-0.05, 0) is 44.2 Å². The molecule has 134 valence electrons. The number of nitrogens with one attached hydrogen (secondary N) is 1. The molecule has 2 heterocycles. The first kappa shape index (κ1) is 18.0. The number of carbonyl (C=O) groups excluding carboxylic acids is 1. The SMILES string of the molecule is CC(CCC1CCCO1)NC(=O)c1cnn(Cc2ccccc2Cl)c1. The lowest BCUT2D eigenvalue weighted by atomic mass is 10.1. The van der Waals surface area contributed by atoms with Gasteiger partial charge in [-0.2, -0.15) is 5.10 Å². The van der Waals surface area contributed by atoms with Crippen molar-refractivity contribution < 1.29 is 9.53 Å². The Kier molecular flexibility index (Phi) is 6.10. The highest BCUT2D eigenvalue weighted by Gasteiger charge is 2.18. The number of amides is 1. The minimum atomic E-state index is -0.0924. The molecule has 0 spiro atoms. The normalized spacial score (nSPS) is 18.2. The van der Waals surface area contributed by atoms with Gasteiger partial charge in [-0.1, -0.05) is 29.8 Å². The molecule has 1 fully saturated rings. The second kappa shape index (κ2) is 8.50. The van der Waals surface area contributed by atoms with Crippen LogP contribution in [0, 0.1) is 0 Å². The van der Waals surface area contributed by atoms with Gasteiger partial charge in [0.05, 0.1) is 24.4 Å². The van der Waals surface area contributed by atoms with Gasteiger partial charge in [-0.3, -0.25) is 9.48 Å². The fraction of sp³-hybridized carbons (Fsp3) is 0.474. The maximum absolute atomic E-state index is 12.4. The summed E-state index contributed by atoms with van der Waals surface area (Å²) in [4.78, 5) is 12.4. The molecule has 0 radical (unpaired) electrons. The Hall–Kier alpha value is -1.85. The van der Waals surface area contributed by atoms with E-state index < -0.39 is 0 Å². The number of halogens is 1. The first-order valence-electron chi connectivity index (χ1n) is 8.80. The Morgan fingerprint density at radius 2 is 2.32 bits per heavy atom. The van der Waals surface area contributed by atoms with Gasteiger partial charge < -0.3 is 10.1 Å². The first-order chi connectivity index (χ1) is 12.1. The Morgan fingerprint density at radius 1 is 1.48 bits per heavy atom. The summed E-state index contributed by atoms with van der Waals surface area (Å²) >= 11 is 6.17. The molecular weight excluding hydrogens is 338 g/mol. The van der Waals surface area contributed by atoms with Crippen molar-refractivity contribution in [3.8, 4) is 0 Å². The van der Waals surface area contributed by atoms with E-state index in [1.165, 1.54) is 0 Å². The van der Waals surface area contributed by atoms with Crippen LogP contribution in [0.5, 0.6) is 0 Å². The molecule has 0 saturated carbocycles. The molecule has 2 atom stereocenters. The van der Waals surface area contributed by atoms with Crippen LogP contribution in [-0.4, -0.2) is 34.4 Å². The predicted octanol–water partition coefficient (Wildman–Crippen LogP) is 3.66. The molecule has 1 aromatic heterocycles. The van der Waals surface area contributed by atoms with Gasteiger partial charge in [0, 0.05) is 23.9 Å². The van der Waals surface area contributed by atoms with Gasteiger partial charge >= 0.3 is 0 Å². The molecule has 0 aliphatic carbocycles. The van der Waals surface area contributed by atoms with Crippen LogP contribution in [0.25, 0.3) is 0 Å². The molecule has 5 nitrogen and oxygen atoms in total. The summed E-state index contributed by atoms with van der Waals surface area (Å²) < 4.78 is 7.36. The largest absolute Gasteiger partial charge is 0.378 e. The Balaban J connectivity index is 1.50. The van der Waals surface area contributed by atoms with Crippen molar-refractivity contribution in [3.05, 3.63) is 52.8 Å². The van der Waals surface area contributed by atoms with Crippen molar-refractivity contribution in [2.45, 2.75) is 51.3 Å². The third-order valence-corrected chi connectivity index (χ3v) is 4.88. The molecule has 2 aromatic rings. The van der Waals surface area contributed by atoms with E-state index in [-0.39, 0.29) is 11.9 Å². The fourth-order valence-electron chi connectivity index (χ4n) is 3.06. The van der Waals surface area contributed by atoms with Crippen LogP contribution in [-0.2, 0) is 11.3 Å². The average molecular weight is 362 g/mol. The zero-order chi connectivity index (χ0) is 17.6. The molecule has 1 N–H and O–H groups in total. The Morgan fingerprint density at radius 3 is 3.08 bits per heavy atom. The number of hydrogen-bond donors (Lipinski definition) is 1. The molecule has 2 unspecified atom stereocenters. The van der Waals surface area contributed by atoms with Crippen LogP contribution >= 0.6 is 11.6 Å². The van der Waals surface area contributed by atoms with E-state index in [2.05, 4.69) is 10.4 Å². The zero-order valence-corrected chi connectivity index (χ0v) is 15.2. The lowest BCUT2D eigenvalue weighted by Crippen LogP contribution is -2.33. The highest BCUT2D eigenvalue weighted by Crippen LogP contribution is 2.18. The van der Waals surface area contributed by atoms with Crippen molar-refractivity contribution >= 4 is 17.5 Å². The number of ether oxygens (including phenoxy) is 1. The van der Waals surface area contributed by atoms with Crippen LogP contribution in [0.2, 0.25) is 5.02 Å². The van der Waals surface area contributed by atoms with Crippen molar-refractivity contribution in [1.82, 2.24) is 15.1 Å². The summed E-state index contributed by atoms with van der Waals surface area (Å²) in [5.74, 6) is -0.0924. The van der Waals surface area contributed by atoms with E-state index in [0.29, 0.717) is 23.2 Å². The smallest absolute Gasteiger partial charge is 0.254 e. The number of rotatable bonds is 7. The van der Waals surface area contributed by atoms with E-state index in [1.54, 1.807) is 17.1 Å². The summed E-state index contributed by atoms with van der Waals surface area (Å²) in [6, 6.07) is 7.75. The van der Waals surface area contributed by atoms with Crippen LogP contribution in [0.3, 0.4) is 0 Å². The molecule has 0 bridgehead atoms. The summed E-state index contributed by atoms with van der Waals surface area (Å²) in [6.07, 6.45) is 7.91. The van der Waals surface area contributed by atoms with Gasteiger partial charge in [0.1, 0.15) is 0 Å². The van der Waals surface area contributed by atoms with Gasteiger partial charge in [-0.15, -0.1) is 0 Å². The number of aromatic nitrogens is 2. The first-order valence-corrected chi connectivity index (χ1v) is 9.18. The van der Waals surface area contributed by atoms with Crippen molar-refractivity contribution in [2.75, 3.05) is 6.61 Å². The van der Waals surface area contributed by atoms with E-state index in [0.717, 1.165) is 37.9 Å². The summed E-state index contributed by atoms with van der Waals surface area (Å²) in [5, 5.41) is 8.00. The third-order valence-electron chi connectivity index (χ3n) is 4.51. The van der Waals surface area contributed by atoms with E-state index in [1.807, 2.05) is 31.2 Å². The van der Waals surface area contributed by atoms with E-state index in [4.69, 9.17) is 16.3 Å². The predicted molar refractivity (Wildman–Crippen MR) is 97.9 cm³/mol. The Bertz CT molecular complexity index is 710. The standard InChI is InChI=1S/C19H24ClN3O2/c1-14(8-9-17-6-4-10-25-17)22-19(24)16-11-21-23(13-16)12-15-5-2-3-7-18(15)20/h2-3,5,7,11,13-14,17H,4,6,8-10,12H2,1H3,(H,22,24). The number of carbonyl (C=O) groups is 1. The van der Waals surface area contributed by atoms with E-state index >= 15 is 0 Å². The fourth-order valence-corrected chi connectivity index (χ4v) is 3.25. The monoisotopic (exact) mass is 361 g/mol. The van der Waals surface area contributed by atoms with Crippen LogP contribution in [0.1, 0.15) is 48.5 Å². The highest BCUT2D eigenvalue weighted by atomic mass is 35.5. The lowest BCUT2D eigenvalue weighted by Gasteiger charge is -2.15. The third kappa shape index (κ3) is 5.06. The lowest BCUT2D eigenvalue weighted by molar-refractivity contribution is 0.0899. The maximum Gasteiger partial charge on any atom is 0.254 e. The van der Waals surface area contributed by atoms with E-state index in [9.17, 15) is 4.79 Å². The highest BCUT2D eigenvalue weighted by molar-refractivity contribution is 6.31. The van der Waals surface area contributed by atoms with Gasteiger partial charge in [0.25, 0.3) is 5.91 Å². The van der Waals surface area contributed by atoms with Crippen LogP contribution in [0.15, 0.2) is 36.7 Å². The van der Waals surface area contributed by atoms with Gasteiger partial charge in [0.15, 0.2) is 0 Å². The number of hydrogen-bond acceptors (Lipinski definition) is 3. The molecule has 1 saturated heterocycles. The molecule has 6 heteroatoms. The summed E-state index contributed by atoms with van der Waals surface area (Å²) in [6.45, 7) is 3.44. The molecule has 1 aliphatic rings. The Labute approximate surface area is 153 Å². The van der Waals surface area contributed by atoms with Crippen LogP contribution in [0.4, 0.5) is 0 Å². The second-order valence-corrected chi connectivity index (χ2v) is 7.01. The maximum atomic E-state index is 12.4. The van der Waals surface area contributed by atoms with Crippen molar-refractivity contribution in [2.24, 2.45) is 0 Å².